The van der Waals surface area contributed by atoms with E-state index in [1.165, 1.54) is 18.5 Å². The summed E-state index contributed by atoms with van der Waals surface area (Å²) in [5.41, 5.74) is 3.64. The second-order valence-electron chi connectivity index (χ2n) is 9.10. The molecular formula is C28H26FN3O5S. The number of hydrogen-bond acceptors (Lipinski definition) is 6. The van der Waals surface area contributed by atoms with Crippen LogP contribution in [0.2, 0.25) is 0 Å². The van der Waals surface area contributed by atoms with Crippen molar-refractivity contribution in [1.29, 1.82) is 0 Å². The molecular weight excluding hydrogens is 509 g/mol. The molecule has 1 amide bonds. The fourth-order valence-corrected chi connectivity index (χ4v) is 5.43. The van der Waals surface area contributed by atoms with E-state index in [1.807, 2.05) is 42.5 Å². The summed E-state index contributed by atoms with van der Waals surface area (Å²) >= 11 is 0. The first-order valence-electron chi connectivity index (χ1n) is 12.1. The Labute approximate surface area is 219 Å². The third kappa shape index (κ3) is 4.74. The molecule has 0 spiro atoms. The zero-order valence-electron chi connectivity index (χ0n) is 20.9. The first-order chi connectivity index (χ1) is 18.2. The summed E-state index contributed by atoms with van der Waals surface area (Å²) < 4.78 is 45.8. The van der Waals surface area contributed by atoms with E-state index in [1.54, 1.807) is 11.8 Å². The Morgan fingerprint density at radius 3 is 2.45 bits per heavy atom. The van der Waals surface area contributed by atoms with Crippen molar-refractivity contribution in [2.75, 3.05) is 19.4 Å². The number of hydrogen-bond donors (Lipinski definition) is 1. The monoisotopic (exact) mass is 535 g/mol. The quantitative estimate of drug-likeness (QED) is 0.375. The molecule has 0 bridgehead atoms. The summed E-state index contributed by atoms with van der Waals surface area (Å²) in [5, 5.41) is 9.86. The van der Waals surface area contributed by atoms with Crippen LogP contribution in [0, 0.1) is 5.82 Å². The lowest BCUT2D eigenvalue weighted by atomic mass is 10.00. The molecule has 8 nitrogen and oxygen atoms in total. The average Bonchev–Trinajstić information content (AvgIpc) is 3.21. The summed E-state index contributed by atoms with van der Waals surface area (Å²) in [6, 6.07) is 15.9. The lowest BCUT2D eigenvalue weighted by molar-refractivity contribution is 0.0731. The number of nitrogens with zero attached hydrogens (tertiary/aromatic N) is 3. The van der Waals surface area contributed by atoms with Gasteiger partial charge >= 0.3 is 0 Å². The summed E-state index contributed by atoms with van der Waals surface area (Å²) in [4.78, 5) is 18.8. The fourth-order valence-electron chi connectivity index (χ4n) is 4.67. The number of fused-ring (bicyclic) bond motifs is 1. The Morgan fingerprint density at radius 1 is 1.08 bits per heavy atom. The first-order valence-corrected chi connectivity index (χ1v) is 14.0. The van der Waals surface area contributed by atoms with Gasteiger partial charge in [-0.3, -0.25) is 4.79 Å². The van der Waals surface area contributed by atoms with Gasteiger partial charge in [0.15, 0.2) is 15.7 Å². The molecule has 0 saturated carbocycles. The van der Waals surface area contributed by atoms with Crippen molar-refractivity contribution in [2.45, 2.75) is 24.8 Å². The van der Waals surface area contributed by atoms with E-state index in [9.17, 15) is 18.4 Å². The molecule has 38 heavy (non-hydrogen) atoms. The molecule has 196 valence electrons. The van der Waals surface area contributed by atoms with Crippen LogP contribution in [-0.4, -0.2) is 53.6 Å². The zero-order valence-corrected chi connectivity index (χ0v) is 21.7. The Hall–Kier alpha value is -4.18. The van der Waals surface area contributed by atoms with Crippen molar-refractivity contribution in [3.8, 4) is 28.3 Å². The number of amides is 1. The largest absolute Gasteiger partial charge is 0.491 e. The van der Waals surface area contributed by atoms with E-state index in [0.29, 0.717) is 18.1 Å². The molecule has 0 radical (unpaired) electrons. The predicted molar refractivity (Wildman–Crippen MR) is 139 cm³/mol. The van der Waals surface area contributed by atoms with Crippen molar-refractivity contribution in [3.63, 3.8) is 0 Å². The molecule has 4 aromatic rings. The van der Waals surface area contributed by atoms with E-state index in [2.05, 4.69) is 4.98 Å². The van der Waals surface area contributed by atoms with Crippen molar-refractivity contribution < 1.29 is 27.5 Å². The predicted octanol–water partition coefficient (Wildman–Crippen LogP) is 4.59. The van der Waals surface area contributed by atoms with E-state index in [4.69, 9.17) is 4.74 Å². The second kappa shape index (κ2) is 9.94. The topological polar surface area (TPSA) is 102 Å². The Bertz CT molecular complexity index is 1630. The van der Waals surface area contributed by atoms with Crippen LogP contribution in [0.25, 0.3) is 22.5 Å². The molecule has 1 aliphatic rings. The highest BCUT2D eigenvalue weighted by molar-refractivity contribution is 7.90. The van der Waals surface area contributed by atoms with Crippen LogP contribution in [0.4, 0.5) is 4.39 Å². The molecule has 0 unspecified atom stereocenters. The van der Waals surface area contributed by atoms with Crippen molar-refractivity contribution in [3.05, 3.63) is 89.5 Å². The van der Waals surface area contributed by atoms with Gasteiger partial charge in [0.2, 0.25) is 0 Å². The van der Waals surface area contributed by atoms with E-state index in [0.717, 1.165) is 39.3 Å². The number of ether oxygens (including phenoxy) is 1. The minimum atomic E-state index is -3.77. The number of halogens is 1. The highest BCUT2D eigenvalue weighted by Gasteiger charge is 2.27. The van der Waals surface area contributed by atoms with Gasteiger partial charge in [-0.15, -0.1) is 0 Å². The first kappa shape index (κ1) is 25.5. The van der Waals surface area contributed by atoms with Gasteiger partial charge in [-0.2, -0.15) is 4.73 Å². The Balaban J connectivity index is 1.44. The smallest absolute Gasteiger partial charge is 0.254 e. The zero-order chi connectivity index (χ0) is 27.0. The molecule has 3 aromatic carbocycles. The number of rotatable bonds is 5. The molecule has 10 heteroatoms. The maximum absolute atomic E-state index is 15.1. The summed E-state index contributed by atoms with van der Waals surface area (Å²) in [7, 11) is -3.77. The number of carbonyl (C=O) groups is 1. The highest BCUT2D eigenvalue weighted by Crippen LogP contribution is 2.32. The van der Waals surface area contributed by atoms with Gasteiger partial charge in [-0.1, -0.05) is 37.3 Å². The van der Waals surface area contributed by atoms with E-state index in [-0.39, 0.29) is 36.6 Å². The number of sulfone groups is 1. The summed E-state index contributed by atoms with van der Waals surface area (Å²) in [6.45, 7) is 2.50. The van der Waals surface area contributed by atoms with Gasteiger partial charge in [-0.05, 0) is 41.8 Å². The SMILES string of the molecule is CCc1c(C(=O)N2CCOc3ccc(-c4ccc(-c5nccn5O)cc4)cc3C2)ccc(S(C)(=O)=O)c1F. The molecule has 0 atom stereocenters. The minimum Gasteiger partial charge on any atom is -0.491 e. The maximum atomic E-state index is 15.1. The van der Waals surface area contributed by atoms with Crippen LogP contribution >= 0.6 is 0 Å². The summed E-state index contributed by atoms with van der Waals surface area (Å²) in [5.74, 6) is -0.154. The van der Waals surface area contributed by atoms with Crippen LogP contribution < -0.4 is 4.74 Å². The molecule has 1 aromatic heterocycles. The van der Waals surface area contributed by atoms with Crippen molar-refractivity contribution >= 4 is 15.7 Å². The molecule has 1 N–H and O–H groups in total. The molecule has 0 saturated heterocycles. The number of aromatic nitrogens is 2. The highest BCUT2D eigenvalue weighted by atomic mass is 32.2. The lowest BCUT2D eigenvalue weighted by Gasteiger charge is -2.22. The molecule has 0 aliphatic carbocycles. The maximum Gasteiger partial charge on any atom is 0.254 e. The van der Waals surface area contributed by atoms with E-state index < -0.39 is 20.5 Å². The molecule has 2 heterocycles. The number of imidazole rings is 1. The molecule has 0 fully saturated rings. The normalized spacial score (nSPS) is 13.5. The number of benzene rings is 3. The summed E-state index contributed by atoms with van der Waals surface area (Å²) in [6.07, 6.45) is 4.09. The Morgan fingerprint density at radius 2 is 1.79 bits per heavy atom. The van der Waals surface area contributed by atoms with Gasteiger partial charge in [0, 0.05) is 41.3 Å². The molecule has 1 aliphatic heterocycles. The standard InChI is InChI=1S/C28H26FN3O5S/c1-3-22-23(9-11-25(26(22)29)38(2,35)36)28(33)31-14-15-37-24-10-8-20(16-21(24)17-31)18-4-6-19(7-5-18)27-30-12-13-32(27)34/h4-13,16,34H,3,14-15,17H2,1-2H3. The second-order valence-corrected chi connectivity index (χ2v) is 11.1. The third-order valence-electron chi connectivity index (χ3n) is 6.62. The van der Waals surface area contributed by atoms with Gasteiger partial charge in [0.1, 0.15) is 23.1 Å². The average molecular weight is 536 g/mol. The van der Waals surface area contributed by atoms with Crippen LogP contribution in [0.15, 0.2) is 71.9 Å². The van der Waals surface area contributed by atoms with E-state index >= 15 is 4.39 Å². The van der Waals surface area contributed by atoms with Crippen molar-refractivity contribution in [1.82, 2.24) is 14.6 Å². The van der Waals surface area contributed by atoms with Crippen molar-refractivity contribution in [2.24, 2.45) is 0 Å². The van der Waals surface area contributed by atoms with Gasteiger partial charge in [0.05, 0.1) is 12.7 Å². The minimum absolute atomic E-state index is 0.0840. The number of carbonyl (C=O) groups excluding carboxylic acids is 1. The lowest BCUT2D eigenvalue weighted by Crippen LogP contribution is -2.33. The van der Waals surface area contributed by atoms with Gasteiger partial charge in [-0.25, -0.2) is 17.8 Å². The third-order valence-corrected chi connectivity index (χ3v) is 7.73. The fraction of sp³-hybridized carbons (Fsp3) is 0.214. The molecule has 5 rings (SSSR count). The van der Waals surface area contributed by atoms with Crippen LogP contribution in [0.5, 0.6) is 5.75 Å². The van der Waals surface area contributed by atoms with Crippen LogP contribution in [-0.2, 0) is 22.8 Å². The van der Waals surface area contributed by atoms with Gasteiger partial charge < -0.3 is 14.8 Å². The van der Waals surface area contributed by atoms with Crippen LogP contribution in [0.3, 0.4) is 0 Å². The van der Waals surface area contributed by atoms with Crippen LogP contribution in [0.1, 0.15) is 28.4 Å². The Kier molecular flexibility index (Phi) is 6.66. The van der Waals surface area contributed by atoms with Gasteiger partial charge in [0.25, 0.3) is 5.91 Å².